The molecule has 2 aromatic heterocycles. The van der Waals surface area contributed by atoms with E-state index in [1.165, 1.54) is 0 Å². The van der Waals surface area contributed by atoms with Gasteiger partial charge in [-0.3, -0.25) is 0 Å². The van der Waals surface area contributed by atoms with Crippen molar-refractivity contribution in [3.05, 3.63) is 35.4 Å². The summed E-state index contributed by atoms with van der Waals surface area (Å²) in [5, 5.41) is 0.558. The van der Waals surface area contributed by atoms with Crippen molar-refractivity contribution in [2.45, 2.75) is 25.8 Å². The van der Waals surface area contributed by atoms with Crippen LogP contribution in [0.4, 0.5) is 11.9 Å². The second-order valence-corrected chi connectivity index (χ2v) is 6.05. The van der Waals surface area contributed by atoms with E-state index in [0.29, 0.717) is 11.1 Å². The zero-order valence-corrected chi connectivity index (χ0v) is 13.5. The molecule has 116 valence electrons. The minimum atomic E-state index is 0.343. The van der Waals surface area contributed by atoms with Gasteiger partial charge in [-0.25, -0.2) is 19.9 Å². The van der Waals surface area contributed by atoms with Crippen molar-refractivity contribution < 1.29 is 0 Å². The van der Waals surface area contributed by atoms with Crippen molar-refractivity contribution in [1.82, 2.24) is 19.9 Å². The van der Waals surface area contributed by atoms with Crippen molar-refractivity contribution in [3.8, 4) is 0 Å². The van der Waals surface area contributed by atoms with Gasteiger partial charge < -0.3 is 9.80 Å². The molecule has 0 aromatic carbocycles. The fraction of sp³-hybridized carbons (Fsp3) is 0.467. The molecule has 1 aliphatic rings. The van der Waals surface area contributed by atoms with E-state index in [1.807, 2.05) is 26.4 Å². The predicted octanol–water partition coefficient (Wildman–Crippen LogP) is 2.33. The molecular weight excluding hydrogens is 300 g/mol. The average molecular weight is 319 g/mol. The van der Waals surface area contributed by atoms with Crippen LogP contribution in [0.25, 0.3) is 0 Å². The number of nitrogens with zero attached hydrogens (tertiary/aromatic N) is 6. The minimum Gasteiger partial charge on any atom is -0.339 e. The third-order valence-electron chi connectivity index (χ3n) is 3.92. The normalized spacial score (nSPS) is 18.3. The van der Waals surface area contributed by atoms with Crippen molar-refractivity contribution >= 4 is 23.5 Å². The lowest BCUT2D eigenvalue weighted by molar-refractivity contribution is 0.478. The molecule has 0 amide bonds. The Morgan fingerprint density at radius 1 is 1.14 bits per heavy atom. The first-order valence-corrected chi connectivity index (χ1v) is 7.75. The first-order chi connectivity index (χ1) is 10.6. The number of likely N-dealkylation sites (N-methyl/N-ethyl adjacent to an activating group) is 1. The van der Waals surface area contributed by atoms with Crippen molar-refractivity contribution in [2.75, 3.05) is 29.9 Å². The molecule has 0 N–H and O–H groups in total. The van der Waals surface area contributed by atoms with E-state index in [2.05, 4.69) is 29.7 Å². The third-order valence-corrected chi connectivity index (χ3v) is 4.11. The lowest BCUT2D eigenvalue weighted by atomic mass is 10.1. The van der Waals surface area contributed by atoms with E-state index in [4.69, 9.17) is 11.6 Å². The number of halogens is 1. The van der Waals surface area contributed by atoms with Gasteiger partial charge in [0.25, 0.3) is 0 Å². The van der Waals surface area contributed by atoms with Gasteiger partial charge in [0.1, 0.15) is 0 Å². The van der Waals surface area contributed by atoms with Gasteiger partial charge in [-0.2, -0.15) is 0 Å². The van der Waals surface area contributed by atoms with Gasteiger partial charge in [-0.1, -0.05) is 11.6 Å². The first kappa shape index (κ1) is 15.0. The third kappa shape index (κ3) is 3.27. The van der Waals surface area contributed by atoms with Crippen LogP contribution in [-0.4, -0.2) is 46.1 Å². The molecule has 0 bridgehead atoms. The quantitative estimate of drug-likeness (QED) is 0.865. The molecule has 1 fully saturated rings. The summed E-state index contributed by atoms with van der Waals surface area (Å²) in [7, 11) is 2.04. The fourth-order valence-electron chi connectivity index (χ4n) is 2.65. The molecule has 22 heavy (non-hydrogen) atoms. The molecule has 0 radical (unpaired) electrons. The Morgan fingerprint density at radius 3 is 2.50 bits per heavy atom. The lowest BCUT2D eigenvalue weighted by Gasteiger charge is -2.37. The summed E-state index contributed by atoms with van der Waals surface area (Å²) in [6.07, 6.45) is 9.18. The monoisotopic (exact) mass is 318 g/mol. The Kier molecular flexibility index (Phi) is 4.38. The second kappa shape index (κ2) is 6.44. The molecule has 3 heterocycles. The maximum Gasteiger partial charge on any atom is 0.225 e. The molecular formula is C15H19ClN6. The van der Waals surface area contributed by atoms with Gasteiger partial charge in [0.2, 0.25) is 11.9 Å². The summed E-state index contributed by atoms with van der Waals surface area (Å²) in [6.45, 7) is 3.81. The molecule has 0 saturated carbocycles. The summed E-state index contributed by atoms with van der Waals surface area (Å²) in [5.74, 6) is 1.49. The van der Waals surface area contributed by atoms with Crippen LogP contribution >= 0.6 is 11.6 Å². The summed E-state index contributed by atoms with van der Waals surface area (Å²) in [6, 6.07) is 0.343. The topological polar surface area (TPSA) is 58.0 Å². The predicted molar refractivity (Wildman–Crippen MR) is 87.4 cm³/mol. The van der Waals surface area contributed by atoms with Gasteiger partial charge in [0.15, 0.2) is 0 Å². The maximum absolute atomic E-state index is 5.85. The van der Waals surface area contributed by atoms with Crippen LogP contribution in [-0.2, 0) is 0 Å². The van der Waals surface area contributed by atoms with Crippen LogP contribution in [0.5, 0.6) is 0 Å². The number of rotatable bonds is 3. The largest absolute Gasteiger partial charge is 0.339 e. The van der Waals surface area contributed by atoms with Crippen LogP contribution in [0.2, 0.25) is 5.02 Å². The van der Waals surface area contributed by atoms with Crippen LogP contribution in [0, 0.1) is 6.92 Å². The van der Waals surface area contributed by atoms with E-state index < -0.39 is 0 Å². The lowest BCUT2D eigenvalue weighted by Crippen LogP contribution is -2.47. The number of hydrogen-bond acceptors (Lipinski definition) is 6. The zero-order valence-electron chi connectivity index (χ0n) is 12.8. The highest BCUT2D eigenvalue weighted by molar-refractivity contribution is 6.30. The Labute approximate surface area is 135 Å². The van der Waals surface area contributed by atoms with E-state index in [1.54, 1.807) is 12.4 Å². The second-order valence-electron chi connectivity index (χ2n) is 5.61. The van der Waals surface area contributed by atoms with Gasteiger partial charge in [-0.15, -0.1) is 0 Å². The molecule has 1 unspecified atom stereocenters. The fourth-order valence-corrected chi connectivity index (χ4v) is 2.75. The van der Waals surface area contributed by atoms with E-state index >= 15 is 0 Å². The molecule has 2 aromatic rings. The van der Waals surface area contributed by atoms with E-state index in [0.717, 1.165) is 43.4 Å². The van der Waals surface area contributed by atoms with Gasteiger partial charge >= 0.3 is 0 Å². The summed E-state index contributed by atoms with van der Waals surface area (Å²) >= 11 is 5.85. The SMILES string of the molecule is Cc1cnc(N(C)C2CCCN(c3ncc(Cl)cn3)C2)nc1. The van der Waals surface area contributed by atoms with Crippen LogP contribution in [0.15, 0.2) is 24.8 Å². The summed E-state index contributed by atoms with van der Waals surface area (Å²) in [5.41, 5.74) is 1.07. The summed E-state index contributed by atoms with van der Waals surface area (Å²) in [4.78, 5) is 21.8. The highest BCUT2D eigenvalue weighted by atomic mass is 35.5. The molecule has 1 saturated heterocycles. The zero-order chi connectivity index (χ0) is 15.5. The number of aryl methyl sites for hydroxylation is 1. The van der Waals surface area contributed by atoms with E-state index in [9.17, 15) is 0 Å². The van der Waals surface area contributed by atoms with Crippen molar-refractivity contribution in [2.24, 2.45) is 0 Å². The molecule has 6 nitrogen and oxygen atoms in total. The molecule has 3 rings (SSSR count). The number of anilines is 2. The molecule has 0 aliphatic carbocycles. The van der Waals surface area contributed by atoms with Gasteiger partial charge in [-0.05, 0) is 25.3 Å². The van der Waals surface area contributed by atoms with Crippen LogP contribution in [0.3, 0.4) is 0 Å². The minimum absolute atomic E-state index is 0.343. The van der Waals surface area contributed by atoms with Crippen molar-refractivity contribution in [1.29, 1.82) is 0 Å². The highest BCUT2D eigenvalue weighted by Crippen LogP contribution is 2.21. The average Bonchev–Trinajstić information content (AvgIpc) is 2.56. The Balaban J connectivity index is 1.72. The number of aromatic nitrogens is 4. The highest BCUT2D eigenvalue weighted by Gasteiger charge is 2.26. The Hall–Kier alpha value is -1.95. The van der Waals surface area contributed by atoms with Gasteiger partial charge in [0.05, 0.1) is 17.4 Å². The molecule has 1 aliphatic heterocycles. The Morgan fingerprint density at radius 2 is 1.82 bits per heavy atom. The first-order valence-electron chi connectivity index (χ1n) is 7.37. The van der Waals surface area contributed by atoms with Gasteiger partial charge in [0, 0.05) is 38.6 Å². The standard InChI is InChI=1S/C15H19ClN6/c1-11-6-17-14(18-7-11)21(2)13-4-3-5-22(10-13)15-19-8-12(16)9-20-15/h6-9,13H,3-5,10H2,1-2H3. The maximum atomic E-state index is 5.85. The van der Waals surface area contributed by atoms with E-state index in [-0.39, 0.29) is 0 Å². The Bertz CT molecular complexity index is 571. The van der Waals surface area contributed by atoms with Crippen molar-refractivity contribution in [3.63, 3.8) is 0 Å². The molecule has 0 spiro atoms. The van der Waals surface area contributed by atoms with Crippen LogP contribution in [0.1, 0.15) is 18.4 Å². The van der Waals surface area contributed by atoms with Crippen LogP contribution < -0.4 is 9.80 Å². The smallest absolute Gasteiger partial charge is 0.225 e. The molecule has 7 heteroatoms. The number of piperidine rings is 1. The molecule has 1 atom stereocenters. The summed E-state index contributed by atoms with van der Waals surface area (Å²) < 4.78 is 0. The number of hydrogen-bond donors (Lipinski definition) is 0.